The Morgan fingerprint density at radius 1 is 1.26 bits per heavy atom. The van der Waals surface area contributed by atoms with Gasteiger partial charge in [-0.15, -0.1) is 12.4 Å². The summed E-state index contributed by atoms with van der Waals surface area (Å²) in [5.74, 6) is 0.225. The van der Waals surface area contributed by atoms with Crippen LogP contribution in [0.15, 0.2) is 42.7 Å². The minimum absolute atomic E-state index is 0. The Bertz CT molecular complexity index is 612. The molecular formula is C17H23ClN4O. The fraction of sp³-hybridized carbons (Fsp3) is 0.412. The van der Waals surface area contributed by atoms with Gasteiger partial charge in [-0.3, -0.25) is 9.48 Å². The Labute approximate surface area is 142 Å². The van der Waals surface area contributed by atoms with Crippen molar-refractivity contribution in [1.82, 2.24) is 15.1 Å². The third kappa shape index (κ3) is 4.81. The molecule has 23 heavy (non-hydrogen) atoms. The van der Waals surface area contributed by atoms with Crippen LogP contribution < -0.4 is 11.1 Å². The molecule has 1 fully saturated rings. The van der Waals surface area contributed by atoms with E-state index in [2.05, 4.69) is 34.7 Å². The first-order chi connectivity index (χ1) is 10.7. The van der Waals surface area contributed by atoms with Crippen LogP contribution in [0.2, 0.25) is 0 Å². The molecule has 0 radical (unpaired) electrons. The summed E-state index contributed by atoms with van der Waals surface area (Å²) in [6.07, 6.45) is 6.41. The molecule has 3 N–H and O–H groups in total. The maximum Gasteiger partial charge on any atom is 0.223 e. The number of nitrogens with zero attached hydrogens (tertiary/aromatic N) is 2. The molecule has 0 bridgehead atoms. The van der Waals surface area contributed by atoms with Crippen LogP contribution in [0.1, 0.15) is 30.4 Å². The number of rotatable bonds is 5. The molecule has 0 saturated heterocycles. The van der Waals surface area contributed by atoms with Crippen molar-refractivity contribution in [1.29, 1.82) is 0 Å². The van der Waals surface area contributed by atoms with Gasteiger partial charge in [0.15, 0.2) is 0 Å². The summed E-state index contributed by atoms with van der Waals surface area (Å²) in [6.45, 7) is 1.34. The first-order valence-electron chi connectivity index (χ1n) is 7.79. The van der Waals surface area contributed by atoms with Crippen LogP contribution >= 0.6 is 12.4 Å². The van der Waals surface area contributed by atoms with E-state index >= 15 is 0 Å². The lowest BCUT2D eigenvalue weighted by molar-refractivity contribution is -0.125. The molecular weight excluding hydrogens is 312 g/mol. The van der Waals surface area contributed by atoms with Crippen LogP contribution in [0.5, 0.6) is 0 Å². The second kappa shape index (κ2) is 8.13. The molecule has 1 aliphatic carbocycles. The van der Waals surface area contributed by atoms with Crippen molar-refractivity contribution < 1.29 is 4.79 Å². The highest BCUT2D eigenvalue weighted by atomic mass is 35.5. The van der Waals surface area contributed by atoms with Gasteiger partial charge in [-0.2, -0.15) is 5.10 Å². The summed E-state index contributed by atoms with van der Waals surface area (Å²) in [4.78, 5) is 12.1. The van der Waals surface area contributed by atoms with Crippen molar-refractivity contribution >= 4 is 18.3 Å². The van der Waals surface area contributed by atoms with Gasteiger partial charge in [-0.05, 0) is 36.5 Å². The standard InChI is InChI=1S/C17H22N4O.ClH/c18-16-7-6-15(10-16)17(22)19-11-13-2-4-14(5-3-13)12-21-9-1-8-20-21;/h1-5,8-9,15-16H,6-7,10-12,18H2,(H,19,22);1H. The van der Waals surface area contributed by atoms with E-state index in [1.807, 2.05) is 16.9 Å². The molecule has 1 saturated carbocycles. The predicted molar refractivity (Wildman–Crippen MR) is 92.2 cm³/mol. The topological polar surface area (TPSA) is 72.9 Å². The van der Waals surface area contributed by atoms with Gasteiger partial charge in [0, 0.05) is 30.9 Å². The number of hydrogen-bond donors (Lipinski definition) is 2. The third-order valence-corrected chi connectivity index (χ3v) is 4.24. The van der Waals surface area contributed by atoms with Crippen LogP contribution in [0.3, 0.4) is 0 Å². The van der Waals surface area contributed by atoms with E-state index < -0.39 is 0 Å². The zero-order valence-corrected chi connectivity index (χ0v) is 13.8. The highest BCUT2D eigenvalue weighted by Crippen LogP contribution is 2.24. The molecule has 1 aliphatic rings. The van der Waals surface area contributed by atoms with Gasteiger partial charge in [-0.1, -0.05) is 24.3 Å². The van der Waals surface area contributed by atoms with Crippen molar-refractivity contribution in [3.63, 3.8) is 0 Å². The molecule has 1 aromatic heterocycles. The minimum Gasteiger partial charge on any atom is -0.352 e. The molecule has 2 atom stereocenters. The van der Waals surface area contributed by atoms with Crippen molar-refractivity contribution in [3.8, 4) is 0 Å². The summed E-state index contributed by atoms with van der Waals surface area (Å²) < 4.78 is 1.89. The van der Waals surface area contributed by atoms with E-state index in [0.717, 1.165) is 31.4 Å². The van der Waals surface area contributed by atoms with Crippen molar-refractivity contribution in [2.45, 2.75) is 38.4 Å². The summed E-state index contributed by atoms with van der Waals surface area (Å²) in [5.41, 5.74) is 8.16. The lowest BCUT2D eigenvalue weighted by Gasteiger charge is -2.11. The summed E-state index contributed by atoms with van der Waals surface area (Å²) in [6, 6.07) is 10.4. The SMILES string of the molecule is Cl.NC1CCC(C(=O)NCc2ccc(Cn3cccn3)cc2)C1. The zero-order chi connectivity index (χ0) is 15.4. The van der Waals surface area contributed by atoms with Gasteiger partial charge in [-0.25, -0.2) is 0 Å². The Hall–Kier alpha value is -1.85. The maximum atomic E-state index is 12.1. The van der Waals surface area contributed by atoms with E-state index in [-0.39, 0.29) is 30.3 Å². The van der Waals surface area contributed by atoms with Gasteiger partial charge in [0.05, 0.1) is 6.54 Å². The van der Waals surface area contributed by atoms with Gasteiger partial charge in [0.1, 0.15) is 0 Å². The highest BCUT2D eigenvalue weighted by molar-refractivity contribution is 5.85. The minimum atomic E-state index is 0. The van der Waals surface area contributed by atoms with Gasteiger partial charge in [0.25, 0.3) is 0 Å². The molecule has 2 unspecified atom stereocenters. The van der Waals surface area contributed by atoms with Crippen molar-refractivity contribution in [2.24, 2.45) is 11.7 Å². The van der Waals surface area contributed by atoms with Gasteiger partial charge >= 0.3 is 0 Å². The van der Waals surface area contributed by atoms with Crippen molar-refractivity contribution in [2.75, 3.05) is 0 Å². The predicted octanol–water partition coefficient (Wildman–Crippen LogP) is 2.10. The normalized spacial score (nSPS) is 20.0. The van der Waals surface area contributed by atoms with E-state index in [1.165, 1.54) is 5.56 Å². The second-order valence-electron chi connectivity index (χ2n) is 6.01. The Morgan fingerprint density at radius 3 is 2.61 bits per heavy atom. The quantitative estimate of drug-likeness (QED) is 0.879. The van der Waals surface area contributed by atoms with E-state index in [4.69, 9.17) is 5.73 Å². The highest BCUT2D eigenvalue weighted by Gasteiger charge is 2.27. The molecule has 1 aromatic carbocycles. The molecule has 0 spiro atoms. The van der Waals surface area contributed by atoms with E-state index in [0.29, 0.717) is 6.54 Å². The smallest absolute Gasteiger partial charge is 0.223 e. The summed E-state index contributed by atoms with van der Waals surface area (Å²) >= 11 is 0. The first kappa shape index (κ1) is 17.5. The fourth-order valence-corrected chi connectivity index (χ4v) is 2.93. The maximum absolute atomic E-state index is 12.1. The number of benzene rings is 1. The largest absolute Gasteiger partial charge is 0.352 e. The number of halogens is 1. The van der Waals surface area contributed by atoms with Gasteiger partial charge in [0.2, 0.25) is 5.91 Å². The van der Waals surface area contributed by atoms with Crippen LogP contribution in [-0.4, -0.2) is 21.7 Å². The Morgan fingerprint density at radius 2 is 2.00 bits per heavy atom. The second-order valence-corrected chi connectivity index (χ2v) is 6.01. The molecule has 124 valence electrons. The first-order valence-corrected chi connectivity index (χ1v) is 7.79. The zero-order valence-electron chi connectivity index (χ0n) is 13.0. The molecule has 6 heteroatoms. The molecule has 3 rings (SSSR count). The Kier molecular flexibility index (Phi) is 6.19. The molecule has 2 aromatic rings. The number of nitrogens with one attached hydrogen (secondary N) is 1. The molecule has 1 heterocycles. The van der Waals surface area contributed by atoms with Crippen molar-refractivity contribution in [3.05, 3.63) is 53.9 Å². The molecule has 0 aliphatic heterocycles. The summed E-state index contributed by atoms with van der Waals surface area (Å²) in [7, 11) is 0. The number of aromatic nitrogens is 2. The van der Waals surface area contributed by atoms with E-state index in [9.17, 15) is 4.79 Å². The number of hydrogen-bond acceptors (Lipinski definition) is 3. The van der Waals surface area contributed by atoms with Crippen LogP contribution in [-0.2, 0) is 17.9 Å². The average Bonchev–Trinajstić information content (AvgIpc) is 3.18. The molecule has 5 nitrogen and oxygen atoms in total. The lowest BCUT2D eigenvalue weighted by atomic mass is 10.1. The van der Waals surface area contributed by atoms with Crippen LogP contribution in [0.4, 0.5) is 0 Å². The van der Waals surface area contributed by atoms with Crippen LogP contribution in [0.25, 0.3) is 0 Å². The number of carbonyl (C=O) groups is 1. The molecule has 1 amide bonds. The van der Waals surface area contributed by atoms with Crippen LogP contribution in [0, 0.1) is 5.92 Å². The number of nitrogens with two attached hydrogens (primary N) is 1. The monoisotopic (exact) mass is 334 g/mol. The third-order valence-electron chi connectivity index (χ3n) is 4.24. The van der Waals surface area contributed by atoms with E-state index in [1.54, 1.807) is 6.20 Å². The lowest BCUT2D eigenvalue weighted by Crippen LogP contribution is -2.29. The Balaban J connectivity index is 0.00000192. The number of amides is 1. The van der Waals surface area contributed by atoms with Gasteiger partial charge < -0.3 is 11.1 Å². The summed E-state index contributed by atoms with van der Waals surface area (Å²) in [5, 5.41) is 7.21. The number of carbonyl (C=O) groups excluding carboxylic acids is 1. The average molecular weight is 335 g/mol. The fourth-order valence-electron chi connectivity index (χ4n) is 2.93.